The standard InChI is InChI=1S/C22H26N4O3/c1-16-22(28)26(19-9-5-6-10-20(19)29-16)15-21(27)23-17-7-3-4-8-18(17)25-13-11-24(2)12-14-25/h3-10,16H,11-15H2,1-2H3,(H,23,27). The maximum Gasteiger partial charge on any atom is 0.268 e. The van der Waals surface area contributed by atoms with Gasteiger partial charge in [-0.25, -0.2) is 0 Å². The second-order valence-electron chi connectivity index (χ2n) is 7.51. The minimum atomic E-state index is -0.615. The van der Waals surface area contributed by atoms with Gasteiger partial charge in [-0.05, 0) is 38.2 Å². The van der Waals surface area contributed by atoms with Crippen LogP contribution in [0.3, 0.4) is 0 Å². The fourth-order valence-electron chi connectivity index (χ4n) is 3.76. The molecule has 1 saturated heterocycles. The van der Waals surface area contributed by atoms with Crippen LogP contribution < -0.4 is 19.9 Å². The van der Waals surface area contributed by atoms with E-state index in [0.717, 1.165) is 37.6 Å². The summed E-state index contributed by atoms with van der Waals surface area (Å²) in [4.78, 5) is 31.6. The molecular weight excluding hydrogens is 368 g/mol. The summed E-state index contributed by atoms with van der Waals surface area (Å²) in [5.74, 6) is 0.167. The van der Waals surface area contributed by atoms with Crippen LogP contribution in [0.15, 0.2) is 48.5 Å². The molecule has 2 aromatic carbocycles. The third kappa shape index (κ3) is 4.05. The summed E-state index contributed by atoms with van der Waals surface area (Å²) in [7, 11) is 2.11. The molecule has 0 radical (unpaired) electrons. The monoisotopic (exact) mass is 394 g/mol. The van der Waals surface area contributed by atoms with Crippen LogP contribution in [0.2, 0.25) is 0 Å². The van der Waals surface area contributed by atoms with Gasteiger partial charge in [-0.1, -0.05) is 24.3 Å². The first-order valence-corrected chi connectivity index (χ1v) is 9.92. The minimum absolute atomic E-state index is 0.0549. The summed E-state index contributed by atoms with van der Waals surface area (Å²) in [5, 5.41) is 3.00. The van der Waals surface area contributed by atoms with E-state index in [4.69, 9.17) is 4.74 Å². The quantitative estimate of drug-likeness (QED) is 0.861. The average Bonchev–Trinajstić information content (AvgIpc) is 2.72. The highest BCUT2D eigenvalue weighted by Crippen LogP contribution is 2.33. The second kappa shape index (κ2) is 8.13. The predicted octanol–water partition coefficient (Wildman–Crippen LogP) is 2.19. The number of hydrogen-bond acceptors (Lipinski definition) is 5. The van der Waals surface area contributed by atoms with Crippen LogP contribution in [0.1, 0.15) is 6.92 Å². The Morgan fingerprint density at radius 3 is 2.45 bits per heavy atom. The molecule has 152 valence electrons. The molecule has 1 fully saturated rings. The van der Waals surface area contributed by atoms with Gasteiger partial charge in [0.2, 0.25) is 5.91 Å². The van der Waals surface area contributed by atoms with Crippen LogP contribution >= 0.6 is 0 Å². The lowest BCUT2D eigenvalue weighted by Gasteiger charge is -2.35. The fourth-order valence-corrected chi connectivity index (χ4v) is 3.76. The van der Waals surface area contributed by atoms with Crippen molar-refractivity contribution >= 4 is 28.9 Å². The Bertz CT molecular complexity index is 908. The SMILES string of the molecule is CC1Oc2ccccc2N(CC(=O)Nc2ccccc2N2CCN(C)CC2)C1=O. The zero-order valence-electron chi connectivity index (χ0n) is 16.8. The lowest BCUT2D eigenvalue weighted by molar-refractivity contribution is -0.127. The highest BCUT2D eigenvalue weighted by molar-refractivity contribution is 6.06. The maximum atomic E-state index is 12.9. The first kappa shape index (κ1) is 19.3. The van der Waals surface area contributed by atoms with Gasteiger partial charge >= 0.3 is 0 Å². The van der Waals surface area contributed by atoms with Crippen molar-refractivity contribution in [2.24, 2.45) is 0 Å². The third-order valence-electron chi connectivity index (χ3n) is 5.40. The van der Waals surface area contributed by atoms with Crippen LogP contribution in [0.25, 0.3) is 0 Å². The molecular formula is C22H26N4O3. The van der Waals surface area contributed by atoms with Crippen LogP contribution in [0, 0.1) is 0 Å². The van der Waals surface area contributed by atoms with Gasteiger partial charge in [0.05, 0.1) is 17.1 Å². The zero-order valence-corrected chi connectivity index (χ0v) is 16.8. The van der Waals surface area contributed by atoms with Crippen molar-refractivity contribution < 1.29 is 14.3 Å². The zero-order chi connectivity index (χ0) is 20.4. The first-order chi connectivity index (χ1) is 14.0. The van der Waals surface area contributed by atoms with E-state index in [1.807, 2.05) is 42.5 Å². The van der Waals surface area contributed by atoms with E-state index >= 15 is 0 Å². The number of rotatable bonds is 4. The van der Waals surface area contributed by atoms with Gasteiger partial charge in [-0.3, -0.25) is 14.5 Å². The number of nitrogens with one attached hydrogen (secondary N) is 1. The Morgan fingerprint density at radius 2 is 1.69 bits per heavy atom. The van der Waals surface area contributed by atoms with Gasteiger partial charge in [0.25, 0.3) is 5.91 Å². The molecule has 29 heavy (non-hydrogen) atoms. The molecule has 0 spiro atoms. The lowest BCUT2D eigenvalue weighted by atomic mass is 10.2. The number of likely N-dealkylation sites (N-methyl/N-ethyl adjacent to an activating group) is 1. The molecule has 2 heterocycles. The van der Waals surface area contributed by atoms with E-state index in [1.54, 1.807) is 13.0 Å². The summed E-state index contributed by atoms with van der Waals surface area (Å²) >= 11 is 0. The first-order valence-electron chi connectivity index (χ1n) is 9.92. The normalized spacial score (nSPS) is 19.5. The Balaban J connectivity index is 1.50. The smallest absolute Gasteiger partial charge is 0.268 e. The molecule has 1 N–H and O–H groups in total. The molecule has 1 unspecified atom stereocenters. The molecule has 1 atom stereocenters. The van der Waals surface area contributed by atoms with Crippen molar-refractivity contribution in [2.45, 2.75) is 13.0 Å². The molecule has 0 aliphatic carbocycles. The summed E-state index contributed by atoms with van der Waals surface area (Å²) in [6, 6.07) is 15.1. The Morgan fingerprint density at radius 1 is 1.03 bits per heavy atom. The van der Waals surface area contributed by atoms with E-state index in [9.17, 15) is 9.59 Å². The number of fused-ring (bicyclic) bond motifs is 1. The van der Waals surface area contributed by atoms with Gasteiger partial charge in [-0.15, -0.1) is 0 Å². The van der Waals surface area contributed by atoms with E-state index in [1.165, 1.54) is 4.90 Å². The predicted molar refractivity (Wildman–Crippen MR) is 114 cm³/mol. The fraction of sp³-hybridized carbons (Fsp3) is 0.364. The van der Waals surface area contributed by atoms with Gasteiger partial charge in [0.15, 0.2) is 6.10 Å². The number of carbonyl (C=O) groups excluding carboxylic acids is 2. The number of amides is 2. The molecule has 0 aromatic heterocycles. The van der Waals surface area contributed by atoms with Crippen LogP contribution in [-0.4, -0.2) is 62.6 Å². The van der Waals surface area contributed by atoms with E-state index in [0.29, 0.717) is 11.4 Å². The molecule has 2 amide bonds. The Hall–Kier alpha value is -3.06. The summed E-state index contributed by atoms with van der Waals surface area (Å²) in [6.45, 7) is 5.44. The molecule has 0 saturated carbocycles. The van der Waals surface area contributed by atoms with Gasteiger partial charge < -0.3 is 19.9 Å². The van der Waals surface area contributed by atoms with E-state index in [-0.39, 0.29) is 18.4 Å². The minimum Gasteiger partial charge on any atom is -0.479 e. The van der Waals surface area contributed by atoms with Crippen molar-refractivity contribution in [3.8, 4) is 5.75 Å². The van der Waals surface area contributed by atoms with Crippen LogP contribution in [0.5, 0.6) is 5.75 Å². The molecule has 0 bridgehead atoms. The molecule has 2 aromatic rings. The highest BCUT2D eigenvalue weighted by atomic mass is 16.5. The van der Waals surface area contributed by atoms with E-state index in [2.05, 4.69) is 22.2 Å². The highest BCUT2D eigenvalue weighted by Gasteiger charge is 2.32. The Kier molecular flexibility index (Phi) is 5.40. The largest absolute Gasteiger partial charge is 0.479 e. The maximum absolute atomic E-state index is 12.9. The Labute approximate surface area is 170 Å². The second-order valence-corrected chi connectivity index (χ2v) is 7.51. The lowest BCUT2D eigenvalue weighted by Crippen LogP contribution is -2.47. The van der Waals surface area contributed by atoms with Gasteiger partial charge in [0.1, 0.15) is 12.3 Å². The third-order valence-corrected chi connectivity index (χ3v) is 5.40. The van der Waals surface area contributed by atoms with Crippen molar-refractivity contribution in [1.82, 2.24) is 4.90 Å². The molecule has 2 aliphatic rings. The number of ether oxygens (including phenoxy) is 1. The number of para-hydroxylation sites is 4. The van der Waals surface area contributed by atoms with Crippen molar-refractivity contribution in [3.05, 3.63) is 48.5 Å². The van der Waals surface area contributed by atoms with Gasteiger partial charge in [-0.2, -0.15) is 0 Å². The van der Waals surface area contributed by atoms with Crippen molar-refractivity contribution in [3.63, 3.8) is 0 Å². The number of carbonyl (C=O) groups is 2. The summed E-state index contributed by atoms with van der Waals surface area (Å²) in [6.07, 6.45) is -0.615. The topological polar surface area (TPSA) is 65.1 Å². The summed E-state index contributed by atoms with van der Waals surface area (Å²) in [5.41, 5.74) is 2.40. The molecule has 7 heteroatoms. The summed E-state index contributed by atoms with van der Waals surface area (Å²) < 4.78 is 5.65. The van der Waals surface area contributed by atoms with E-state index < -0.39 is 6.10 Å². The molecule has 4 rings (SSSR count). The molecule has 7 nitrogen and oxygen atoms in total. The number of nitrogens with zero attached hydrogens (tertiary/aromatic N) is 3. The van der Waals surface area contributed by atoms with Crippen LogP contribution in [0.4, 0.5) is 17.1 Å². The number of piperazine rings is 1. The number of hydrogen-bond donors (Lipinski definition) is 1. The van der Waals surface area contributed by atoms with Crippen molar-refractivity contribution in [1.29, 1.82) is 0 Å². The van der Waals surface area contributed by atoms with Crippen molar-refractivity contribution in [2.75, 3.05) is 54.9 Å². The number of benzene rings is 2. The number of anilines is 3. The average molecular weight is 394 g/mol. The molecule has 2 aliphatic heterocycles. The van der Waals surface area contributed by atoms with Gasteiger partial charge in [0, 0.05) is 26.2 Å². The van der Waals surface area contributed by atoms with Crippen LogP contribution in [-0.2, 0) is 9.59 Å².